The maximum Gasteiger partial charge on any atom is 0.341 e. The monoisotopic (exact) mass is 180 g/mol. The largest absolute Gasteiger partial charge is 0.359 e. The quantitative estimate of drug-likeness (QED) is 0.333. The Hall–Kier alpha value is -2.36. The second-order valence-electron chi connectivity index (χ2n) is 1.99. The summed E-state index contributed by atoms with van der Waals surface area (Å²) in [5.74, 6) is 3.14. The van der Waals surface area contributed by atoms with Gasteiger partial charge in [0.1, 0.15) is 6.20 Å². The number of carbonyl (C=O) groups is 1. The molecule has 1 amide bonds. The lowest BCUT2D eigenvalue weighted by atomic mass is 10.5. The molecule has 0 aliphatic carbocycles. The summed E-state index contributed by atoms with van der Waals surface area (Å²) in [4.78, 5) is 25.5. The molecule has 3 N–H and O–H groups in total. The van der Waals surface area contributed by atoms with Crippen molar-refractivity contribution in [1.29, 1.82) is 0 Å². The van der Waals surface area contributed by atoms with Crippen LogP contribution in [0.2, 0.25) is 0 Å². The average molecular weight is 180 g/mol. The van der Waals surface area contributed by atoms with Gasteiger partial charge in [-0.15, -0.1) is 0 Å². The van der Waals surface area contributed by atoms with Crippen molar-refractivity contribution in [2.75, 3.05) is 0 Å². The predicted octanol–water partition coefficient (Wildman–Crippen LogP) is -0.845. The molecular formula is C6H4N4O3. The van der Waals surface area contributed by atoms with Crippen LogP contribution in [0.1, 0.15) is 5.82 Å². The number of primary amides is 1. The molecule has 0 radical (unpaired) electrons. The fourth-order valence-corrected chi connectivity index (χ4v) is 0.589. The SMILES string of the molecule is NC(=O)C#Cc1ncc([N+](=O)[O-])[nH]1. The normalized spacial score (nSPS) is 8.62. The highest BCUT2D eigenvalue weighted by atomic mass is 16.6. The Morgan fingerprint density at radius 1 is 1.77 bits per heavy atom. The summed E-state index contributed by atoms with van der Waals surface area (Å²) >= 11 is 0. The van der Waals surface area contributed by atoms with E-state index >= 15 is 0 Å². The van der Waals surface area contributed by atoms with Crippen molar-refractivity contribution in [3.05, 3.63) is 22.1 Å². The van der Waals surface area contributed by atoms with E-state index in [4.69, 9.17) is 5.73 Å². The minimum atomic E-state index is -0.820. The zero-order chi connectivity index (χ0) is 9.84. The molecule has 0 aliphatic heterocycles. The van der Waals surface area contributed by atoms with E-state index in [1.807, 2.05) is 5.92 Å². The van der Waals surface area contributed by atoms with Gasteiger partial charge in [-0.05, 0) is 4.92 Å². The Balaban J connectivity index is 2.89. The summed E-state index contributed by atoms with van der Waals surface area (Å²) in [6, 6.07) is 0. The van der Waals surface area contributed by atoms with E-state index in [0.29, 0.717) is 0 Å². The molecule has 13 heavy (non-hydrogen) atoms. The number of carbonyl (C=O) groups excluding carboxylic acids is 1. The van der Waals surface area contributed by atoms with E-state index in [9.17, 15) is 14.9 Å². The van der Waals surface area contributed by atoms with Crippen molar-refractivity contribution >= 4 is 11.7 Å². The number of nitrogens with two attached hydrogens (primary N) is 1. The Bertz CT molecular complexity index is 411. The van der Waals surface area contributed by atoms with Gasteiger partial charge in [0.25, 0.3) is 11.7 Å². The lowest BCUT2D eigenvalue weighted by Crippen LogP contribution is -2.06. The lowest BCUT2D eigenvalue weighted by molar-refractivity contribution is -0.389. The molecule has 1 aromatic rings. The highest BCUT2D eigenvalue weighted by Crippen LogP contribution is 2.04. The van der Waals surface area contributed by atoms with E-state index < -0.39 is 10.8 Å². The van der Waals surface area contributed by atoms with Crippen LogP contribution in [0.4, 0.5) is 5.82 Å². The van der Waals surface area contributed by atoms with Crippen LogP contribution >= 0.6 is 0 Å². The van der Waals surface area contributed by atoms with Gasteiger partial charge < -0.3 is 15.8 Å². The van der Waals surface area contributed by atoms with Gasteiger partial charge in [0.15, 0.2) is 0 Å². The molecule has 0 atom stereocenters. The Labute approximate surface area is 72.1 Å². The Kier molecular flexibility index (Phi) is 2.26. The average Bonchev–Trinajstić information content (AvgIpc) is 2.48. The molecule has 0 aromatic carbocycles. The minimum Gasteiger partial charge on any atom is -0.359 e. The smallest absolute Gasteiger partial charge is 0.341 e. The molecule has 1 heterocycles. The zero-order valence-electron chi connectivity index (χ0n) is 6.27. The third-order valence-electron chi connectivity index (χ3n) is 1.06. The van der Waals surface area contributed by atoms with Gasteiger partial charge in [0.2, 0.25) is 0 Å². The molecule has 1 rings (SSSR count). The molecule has 66 valence electrons. The van der Waals surface area contributed by atoms with Crippen LogP contribution in [0.3, 0.4) is 0 Å². The van der Waals surface area contributed by atoms with Gasteiger partial charge in [-0.1, -0.05) is 0 Å². The van der Waals surface area contributed by atoms with Crippen LogP contribution in [0.15, 0.2) is 6.20 Å². The number of H-pyrrole nitrogens is 1. The fourth-order valence-electron chi connectivity index (χ4n) is 0.589. The van der Waals surface area contributed by atoms with Gasteiger partial charge in [0, 0.05) is 11.8 Å². The first kappa shape index (κ1) is 8.73. The number of nitro groups is 1. The maximum atomic E-state index is 10.2. The first-order chi connectivity index (χ1) is 6.09. The fraction of sp³-hybridized carbons (Fsp3) is 0. The molecule has 0 unspecified atom stereocenters. The van der Waals surface area contributed by atoms with Gasteiger partial charge in [-0.25, -0.2) is 9.97 Å². The van der Waals surface area contributed by atoms with Crippen molar-refractivity contribution in [2.45, 2.75) is 0 Å². The van der Waals surface area contributed by atoms with Gasteiger partial charge in [-0.2, -0.15) is 0 Å². The summed E-state index contributed by atoms with van der Waals surface area (Å²) < 4.78 is 0. The molecule has 0 bridgehead atoms. The Morgan fingerprint density at radius 3 is 2.92 bits per heavy atom. The molecule has 7 nitrogen and oxygen atoms in total. The molecule has 0 fully saturated rings. The van der Waals surface area contributed by atoms with Crippen molar-refractivity contribution in [2.24, 2.45) is 5.73 Å². The highest BCUT2D eigenvalue weighted by Gasteiger charge is 2.07. The van der Waals surface area contributed by atoms with Crippen LogP contribution in [-0.2, 0) is 4.79 Å². The van der Waals surface area contributed by atoms with Crippen molar-refractivity contribution < 1.29 is 9.72 Å². The number of imidazole rings is 1. The third-order valence-corrected chi connectivity index (χ3v) is 1.06. The van der Waals surface area contributed by atoms with Crippen molar-refractivity contribution in [3.63, 3.8) is 0 Å². The van der Waals surface area contributed by atoms with Gasteiger partial charge in [-0.3, -0.25) is 4.79 Å². The van der Waals surface area contributed by atoms with Gasteiger partial charge in [0.05, 0.1) is 0 Å². The number of aromatic amines is 1. The first-order valence-corrected chi connectivity index (χ1v) is 3.10. The number of hydrogen-bond acceptors (Lipinski definition) is 4. The standard InChI is InChI=1S/C6H4N4O3/c7-4(11)1-2-5-8-3-6(9-5)10(12)13/h3H,(H2,7,11)(H,8,9). The number of aromatic nitrogens is 2. The van der Waals surface area contributed by atoms with Crippen LogP contribution in [0.25, 0.3) is 0 Å². The molecule has 1 aromatic heterocycles. The van der Waals surface area contributed by atoms with Crippen LogP contribution in [0.5, 0.6) is 0 Å². The summed E-state index contributed by atoms with van der Waals surface area (Å²) in [5.41, 5.74) is 4.72. The lowest BCUT2D eigenvalue weighted by Gasteiger charge is -1.83. The van der Waals surface area contributed by atoms with Crippen LogP contribution < -0.4 is 5.73 Å². The minimum absolute atomic E-state index is 0.0329. The van der Waals surface area contributed by atoms with Gasteiger partial charge >= 0.3 is 5.82 Å². The number of hydrogen-bond donors (Lipinski definition) is 2. The molecule has 0 saturated heterocycles. The molecule has 7 heteroatoms. The van der Waals surface area contributed by atoms with E-state index in [1.54, 1.807) is 0 Å². The summed E-state index contributed by atoms with van der Waals surface area (Å²) in [6.45, 7) is 0. The van der Waals surface area contributed by atoms with Crippen molar-refractivity contribution in [3.8, 4) is 11.8 Å². The summed E-state index contributed by atoms with van der Waals surface area (Å²) in [7, 11) is 0. The molecule has 0 saturated carbocycles. The number of rotatable bonds is 1. The number of nitrogens with zero attached hydrogens (tertiary/aromatic N) is 2. The van der Waals surface area contributed by atoms with E-state index in [2.05, 4.69) is 15.9 Å². The van der Waals surface area contributed by atoms with Crippen LogP contribution in [-0.4, -0.2) is 20.8 Å². The topological polar surface area (TPSA) is 115 Å². The number of nitrogens with one attached hydrogen (secondary N) is 1. The molecule has 0 aliphatic rings. The second kappa shape index (κ2) is 3.36. The first-order valence-electron chi connectivity index (χ1n) is 3.10. The highest BCUT2D eigenvalue weighted by molar-refractivity contribution is 5.92. The summed E-state index contributed by atoms with van der Waals surface area (Å²) in [6.07, 6.45) is 1.00. The van der Waals surface area contributed by atoms with E-state index in [0.717, 1.165) is 6.20 Å². The third kappa shape index (κ3) is 2.30. The molecular weight excluding hydrogens is 176 g/mol. The van der Waals surface area contributed by atoms with Crippen LogP contribution in [0, 0.1) is 22.0 Å². The maximum absolute atomic E-state index is 10.2. The predicted molar refractivity (Wildman–Crippen MR) is 41.3 cm³/mol. The second-order valence-corrected chi connectivity index (χ2v) is 1.99. The molecule has 0 spiro atoms. The van der Waals surface area contributed by atoms with E-state index in [-0.39, 0.29) is 11.6 Å². The summed E-state index contributed by atoms with van der Waals surface area (Å²) in [5, 5.41) is 10.1. The Morgan fingerprint density at radius 2 is 2.46 bits per heavy atom. The van der Waals surface area contributed by atoms with Crippen molar-refractivity contribution in [1.82, 2.24) is 9.97 Å². The number of amides is 1. The van der Waals surface area contributed by atoms with E-state index in [1.165, 1.54) is 0 Å². The zero-order valence-corrected chi connectivity index (χ0v) is 6.27.